The Labute approximate surface area is 162 Å². The lowest BCUT2D eigenvalue weighted by atomic mass is 9.89. The molecule has 1 aliphatic heterocycles. The molecule has 27 heavy (non-hydrogen) atoms. The first kappa shape index (κ1) is 19.5. The number of benzene rings is 1. The molecule has 0 spiro atoms. The Bertz CT molecular complexity index is 726. The molecule has 0 radical (unpaired) electrons. The highest BCUT2D eigenvalue weighted by molar-refractivity contribution is 5.75. The van der Waals surface area contributed by atoms with Gasteiger partial charge in [0.1, 0.15) is 5.66 Å². The summed E-state index contributed by atoms with van der Waals surface area (Å²) in [4.78, 5) is 16.3. The molecule has 144 valence electrons. The largest absolute Gasteiger partial charge is 0.330 e. The number of rotatable bonds is 7. The second kappa shape index (κ2) is 9.11. The van der Waals surface area contributed by atoms with Crippen molar-refractivity contribution in [3.8, 4) is 0 Å². The van der Waals surface area contributed by atoms with Crippen molar-refractivity contribution in [2.45, 2.75) is 38.8 Å². The van der Waals surface area contributed by atoms with Gasteiger partial charge in [-0.25, -0.2) is 0 Å². The van der Waals surface area contributed by atoms with Gasteiger partial charge in [-0.05, 0) is 75.0 Å². The van der Waals surface area contributed by atoms with Gasteiger partial charge in [0.2, 0.25) is 5.91 Å². The molecule has 1 fully saturated rings. The summed E-state index contributed by atoms with van der Waals surface area (Å²) >= 11 is 0. The Balaban J connectivity index is 1.90. The SMILES string of the molecule is CC(=O)NC(NCCC1CCNCC1)(c1ccncc1)c1ccc(C)cc1. The van der Waals surface area contributed by atoms with E-state index in [0.717, 1.165) is 43.1 Å². The number of aromatic nitrogens is 1. The Hall–Kier alpha value is -2.24. The summed E-state index contributed by atoms with van der Waals surface area (Å²) in [5.41, 5.74) is 2.46. The van der Waals surface area contributed by atoms with E-state index in [1.807, 2.05) is 12.1 Å². The van der Waals surface area contributed by atoms with Gasteiger partial charge < -0.3 is 10.6 Å². The van der Waals surface area contributed by atoms with Crippen LogP contribution in [0.3, 0.4) is 0 Å². The number of amides is 1. The van der Waals surface area contributed by atoms with E-state index in [0.29, 0.717) is 0 Å². The molecule has 2 aromatic rings. The van der Waals surface area contributed by atoms with Crippen molar-refractivity contribution in [1.82, 2.24) is 20.9 Å². The predicted octanol–water partition coefficient (Wildman–Crippen LogP) is 2.71. The molecule has 2 heterocycles. The highest BCUT2D eigenvalue weighted by Gasteiger charge is 2.35. The topological polar surface area (TPSA) is 66.1 Å². The van der Waals surface area contributed by atoms with Gasteiger partial charge in [0.25, 0.3) is 0 Å². The van der Waals surface area contributed by atoms with Gasteiger partial charge in [-0.15, -0.1) is 0 Å². The van der Waals surface area contributed by atoms with Crippen molar-refractivity contribution in [2.24, 2.45) is 5.92 Å². The van der Waals surface area contributed by atoms with Crippen molar-refractivity contribution < 1.29 is 4.79 Å². The monoisotopic (exact) mass is 366 g/mol. The van der Waals surface area contributed by atoms with Gasteiger partial charge in [-0.3, -0.25) is 15.1 Å². The number of hydrogen-bond acceptors (Lipinski definition) is 4. The minimum absolute atomic E-state index is 0.0678. The molecule has 1 aromatic carbocycles. The van der Waals surface area contributed by atoms with Crippen molar-refractivity contribution in [3.63, 3.8) is 0 Å². The lowest BCUT2D eigenvalue weighted by Gasteiger charge is -2.37. The third-order valence-electron chi connectivity index (χ3n) is 5.36. The maximum atomic E-state index is 12.2. The fraction of sp³-hybridized carbons (Fsp3) is 0.455. The van der Waals surface area contributed by atoms with Gasteiger partial charge in [0.15, 0.2) is 0 Å². The molecule has 1 unspecified atom stereocenters. The van der Waals surface area contributed by atoms with Crippen molar-refractivity contribution in [3.05, 3.63) is 65.5 Å². The van der Waals surface area contributed by atoms with E-state index >= 15 is 0 Å². The van der Waals surface area contributed by atoms with Gasteiger partial charge in [-0.1, -0.05) is 29.8 Å². The second-order valence-electron chi connectivity index (χ2n) is 7.44. The van der Waals surface area contributed by atoms with E-state index in [9.17, 15) is 4.79 Å². The van der Waals surface area contributed by atoms with Crippen LogP contribution in [0.5, 0.6) is 0 Å². The van der Waals surface area contributed by atoms with Crippen molar-refractivity contribution in [1.29, 1.82) is 0 Å². The second-order valence-corrected chi connectivity index (χ2v) is 7.44. The zero-order chi connectivity index (χ0) is 19.1. The zero-order valence-corrected chi connectivity index (χ0v) is 16.3. The molecule has 3 N–H and O–H groups in total. The van der Waals surface area contributed by atoms with Crippen LogP contribution < -0.4 is 16.0 Å². The Morgan fingerprint density at radius 1 is 1.11 bits per heavy atom. The molecule has 1 amide bonds. The average molecular weight is 367 g/mol. The lowest BCUT2D eigenvalue weighted by molar-refractivity contribution is -0.120. The molecular formula is C22H30N4O. The first-order valence-corrected chi connectivity index (χ1v) is 9.82. The van der Waals surface area contributed by atoms with Gasteiger partial charge in [0, 0.05) is 19.3 Å². The molecule has 5 nitrogen and oxygen atoms in total. The minimum atomic E-state index is -0.755. The maximum Gasteiger partial charge on any atom is 0.218 e. The number of carbonyl (C=O) groups is 1. The van der Waals surface area contributed by atoms with Crippen LogP contribution >= 0.6 is 0 Å². The summed E-state index contributed by atoms with van der Waals surface area (Å²) in [7, 11) is 0. The van der Waals surface area contributed by atoms with E-state index in [1.54, 1.807) is 19.3 Å². The number of piperidine rings is 1. The third kappa shape index (κ3) is 4.93. The average Bonchev–Trinajstić information content (AvgIpc) is 2.69. The summed E-state index contributed by atoms with van der Waals surface area (Å²) in [5.74, 6) is 0.658. The standard InChI is InChI=1S/C22H30N4O/c1-17-3-5-20(6-4-17)22(26-18(2)27,21-10-14-24-15-11-21)25-16-9-19-7-12-23-13-8-19/h3-6,10-11,14-15,19,23,25H,7-9,12-13,16H2,1-2H3,(H,26,27). The molecule has 0 saturated carbocycles. The number of aryl methyl sites for hydroxylation is 1. The molecule has 5 heteroatoms. The van der Waals surface area contributed by atoms with Crippen LogP contribution in [0.2, 0.25) is 0 Å². The maximum absolute atomic E-state index is 12.2. The highest BCUT2D eigenvalue weighted by atomic mass is 16.1. The van der Waals surface area contributed by atoms with Crippen LogP contribution in [-0.4, -0.2) is 30.5 Å². The molecule has 3 rings (SSSR count). The van der Waals surface area contributed by atoms with Crippen LogP contribution in [0, 0.1) is 12.8 Å². The Morgan fingerprint density at radius 2 is 1.74 bits per heavy atom. The van der Waals surface area contributed by atoms with Crippen LogP contribution in [0.1, 0.15) is 42.9 Å². The molecular weight excluding hydrogens is 336 g/mol. The summed E-state index contributed by atoms with van der Waals surface area (Å²) in [6.07, 6.45) is 7.08. The van der Waals surface area contributed by atoms with Crippen molar-refractivity contribution >= 4 is 5.91 Å². The number of nitrogens with one attached hydrogen (secondary N) is 3. The molecule has 0 bridgehead atoms. The molecule has 1 saturated heterocycles. The summed E-state index contributed by atoms with van der Waals surface area (Å²) in [6, 6.07) is 12.3. The molecule has 1 aliphatic rings. The van der Waals surface area contributed by atoms with E-state index in [2.05, 4.69) is 52.1 Å². The number of carbonyl (C=O) groups excluding carboxylic acids is 1. The summed E-state index contributed by atoms with van der Waals surface area (Å²) in [6.45, 7) is 6.67. The third-order valence-corrected chi connectivity index (χ3v) is 5.36. The molecule has 0 aliphatic carbocycles. The highest BCUT2D eigenvalue weighted by Crippen LogP contribution is 2.28. The van der Waals surface area contributed by atoms with E-state index in [4.69, 9.17) is 0 Å². The fourth-order valence-electron chi connectivity index (χ4n) is 3.86. The van der Waals surface area contributed by atoms with E-state index < -0.39 is 5.66 Å². The van der Waals surface area contributed by atoms with Gasteiger partial charge >= 0.3 is 0 Å². The number of nitrogens with zero attached hydrogens (tertiary/aromatic N) is 1. The fourth-order valence-corrected chi connectivity index (χ4v) is 3.86. The number of pyridine rings is 1. The Morgan fingerprint density at radius 3 is 2.37 bits per heavy atom. The van der Waals surface area contributed by atoms with Crippen LogP contribution in [-0.2, 0) is 10.5 Å². The predicted molar refractivity (Wildman–Crippen MR) is 108 cm³/mol. The zero-order valence-electron chi connectivity index (χ0n) is 16.3. The summed E-state index contributed by atoms with van der Waals surface area (Å²) in [5, 5.41) is 10.3. The van der Waals surface area contributed by atoms with Crippen LogP contribution in [0.4, 0.5) is 0 Å². The first-order valence-electron chi connectivity index (χ1n) is 9.82. The van der Waals surface area contributed by atoms with Crippen LogP contribution in [0.25, 0.3) is 0 Å². The Kier molecular flexibility index (Phi) is 6.58. The van der Waals surface area contributed by atoms with Gasteiger partial charge in [-0.2, -0.15) is 0 Å². The minimum Gasteiger partial charge on any atom is -0.330 e. The first-order chi connectivity index (χ1) is 13.1. The molecule has 1 atom stereocenters. The van der Waals surface area contributed by atoms with E-state index in [1.165, 1.54) is 18.4 Å². The summed E-state index contributed by atoms with van der Waals surface area (Å²) < 4.78 is 0. The van der Waals surface area contributed by atoms with Gasteiger partial charge in [0.05, 0.1) is 0 Å². The van der Waals surface area contributed by atoms with Crippen LogP contribution in [0.15, 0.2) is 48.8 Å². The number of hydrogen-bond donors (Lipinski definition) is 3. The molecule has 1 aromatic heterocycles. The normalized spacial score (nSPS) is 17.3. The smallest absolute Gasteiger partial charge is 0.218 e. The lowest BCUT2D eigenvalue weighted by Crippen LogP contribution is -2.57. The van der Waals surface area contributed by atoms with Crippen molar-refractivity contribution in [2.75, 3.05) is 19.6 Å². The quantitative estimate of drug-likeness (QED) is 0.659. The van der Waals surface area contributed by atoms with E-state index in [-0.39, 0.29) is 5.91 Å².